The monoisotopic (exact) mass is 315 g/mol. The van der Waals surface area contributed by atoms with E-state index in [4.69, 9.17) is 4.52 Å². The second kappa shape index (κ2) is 9.05. The number of halogens is 1. The minimum atomic E-state index is 0. The van der Waals surface area contributed by atoms with Crippen molar-refractivity contribution in [2.45, 2.75) is 46.0 Å². The van der Waals surface area contributed by atoms with Crippen LogP contribution in [0.5, 0.6) is 0 Å². The second-order valence-corrected chi connectivity index (χ2v) is 5.65. The highest BCUT2D eigenvalue weighted by molar-refractivity contribution is 5.85. The molecule has 1 unspecified atom stereocenters. The molecule has 0 aromatic carbocycles. The molecule has 0 spiro atoms. The first-order valence-electron chi connectivity index (χ1n) is 7.56. The lowest BCUT2D eigenvalue weighted by molar-refractivity contribution is -0.121. The Morgan fingerprint density at radius 2 is 2.29 bits per heavy atom. The van der Waals surface area contributed by atoms with Crippen LogP contribution >= 0.6 is 12.4 Å². The highest BCUT2D eigenvalue weighted by Crippen LogP contribution is 2.15. The average Bonchev–Trinajstić information content (AvgIpc) is 2.77. The third-order valence-corrected chi connectivity index (χ3v) is 4.06. The van der Waals surface area contributed by atoms with Gasteiger partial charge in [-0.25, -0.2) is 0 Å². The molecule has 2 N–H and O–H groups in total. The van der Waals surface area contributed by atoms with E-state index in [-0.39, 0.29) is 18.3 Å². The van der Waals surface area contributed by atoms with Gasteiger partial charge < -0.3 is 15.2 Å². The number of amides is 1. The Morgan fingerprint density at radius 1 is 1.48 bits per heavy atom. The van der Waals surface area contributed by atoms with E-state index in [2.05, 4.69) is 15.8 Å². The van der Waals surface area contributed by atoms with Crippen molar-refractivity contribution in [2.24, 2.45) is 5.92 Å². The Bertz CT molecular complexity index is 423. The summed E-state index contributed by atoms with van der Waals surface area (Å²) >= 11 is 0. The molecule has 1 aliphatic rings. The van der Waals surface area contributed by atoms with Gasteiger partial charge in [0, 0.05) is 18.5 Å². The molecule has 1 aliphatic heterocycles. The third kappa shape index (κ3) is 5.67. The Kier molecular flexibility index (Phi) is 7.75. The van der Waals surface area contributed by atoms with Crippen LogP contribution in [0.15, 0.2) is 4.52 Å². The summed E-state index contributed by atoms with van der Waals surface area (Å²) < 4.78 is 5.10. The molecule has 0 radical (unpaired) electrons. The maximum atomic E-state index is 11.8. The molecule has 1 aromatic heterocycles. The van der Waals surface area contributed by atoms with Crippen LogP contribution in [-0.2, 0) is 11.2 Å². The molecule has 1 saturated heterocycles. The van der Waals surface area contributed by atoms with Crippen LogP contribution in [0.25, 0.3) is 0 Å². The summed E-state index contributed by atoms with van der Waals surface area (Å²) in [5.41, 5.74) is 1.96. The number of aromatic nitrogens is 1. The summed E-state index contributed by atoms with van der Waals surface area (Å²) in [4.78, 5) is 11.8. The van der Waals surface area contributed by atoms with Gasteiger partial charge in [-0.15, -0.1) is 12.4 Å². The quantitative estimate of drug-likeness (QED) is 0.844. The van der Waals surface area contributed by atoms with E-state index >= 15 is 0 Å². The summed E-state index contributed by atoms with van der Waals surface area (Å²) in [6, 6.07) is 0. The lowest BCUT2D eigenvalue weighted by Gasteiger charge is -2.22. The molecule has 0 aliphatic carbocycles. The fraction of sp³-hybridized carbons (Fsp3) is 0.733. The van der Waals surface area contributed by atoms with Crippen molar-refractivity contribution in [1.82, 2.24) is 15.8 Å². The summed E-state index contributed by atoms with van der Waals surface area (Å²) in [5.74, 6) is 1.66. The minimum absolute atomic E-state index is 0. The van der Waals surface area contributed by atoms with Crippen molar-refractivity contribution in [3.05, 3.63) is 17.0 Å². The Labute approximate surface area is 132 Å². The fourth-order valence-electron chi connectivity index (χ4n) is 2.77. The van der Waals surface area contributed by atoms with Gasteiger partial charge in [0.2, 0.25) is 5.91 Å². The van der Waals surface area contributed by atoms with Crippen LogP contribution in [0.1, 0.15) is 42.7 Å². The first-order valence-corrected chi connectivity index (χ1v) is 7.56. The van der Waals surface area contributed by atoms with Gasteiger partial charge in [-0.05, 0) is 58.5 Å². The Hall–Kier alpha value is -1.07. The maximum absolute atomic E-state index is 11.8. The largest absolute Gasteiger partial charge is 0.361 e. The Balaban J connectivity index is 0.00000220. The van der Waals surface area contributed by atoms with E-state index in [0.29, 0.717) is 18.8 Å². The predicted molar refractivity (Wildman–Crippen MR) is 84.8 cm³/mol. The maximum Gasteiger partial charge on any atom is 0.220 e. The van der Waals surface area contributed by atoms with Crippen LogP contribution in [0.2, 0.25) is 0 Å². The first kappa shape index (κ1) is 18.0. The van der Waals surface area contributed by atoms with Gasteiger partial charge in [-0.2, -0.15) is 0 Å². The number of hydrogen-bond donors (Lipinski definition) is 2. The molecule has 21 heavy (non-hydrogen) atoms. The topological polar surface area (TPSA) is 67.2 Å². The number of nitrogens with one attached hydrogen (secondary N) is 2. The van der Waals surface area contributed by atoms with Gasteiger partial charge in [-0.3, -0.25) is 4.79 Å². The normalized spacial score (nSPS) is 18.1. The van der Waals surface area contributed by atoms with Gasteiger partial charge in [-0.1, -0.05) is 5.16 Å². The highest BCUT2D eigenvalue weighted by Gasteiger charge is 2.14. The number of rotatable bonds is 6. The molecule has 5 nitrogen and oxygen atoms in total. The summed E-state index contributed by atoms with van der Waals surface area (Å²) in [6.45, 7) is 6.82. The first-order chi connectivity index (χ1) is 9.66. The van der Waals surface area contributed by atoms with Gasteiger partial charge in [0.15, 0.2) is 0 Å². The van der Waals surface area contributed by atoms with Crippen molar-refractivity contribution < 1.29 is 9.32 Å². The molecule has 2 heterocycles. The van der Waals surface area contributed by atoms with Gasteiger partial charge in [0.25, 0.3) is 0 Å². The molecular formula is C15H26ClN3O2. The summed E-state index contributed by atoms with van der Waals surface area (Å²) in [6.07, 6.45) is 4.82. The van der Waals surface area contributed by atoms with Crippen molar-refractivity contribution in [3.8, 4) is 0 Å². The van der Waals surface area contributed by atoms with Crippen LogP contribution in [-0.4, -0.2) is 30.7 Å². The number of carbonyl (C=O) groups excluding carboxylic acids is 1. The Morgan fingerprint density at radius 3 is 2.90 bits per heavy atom. The molecule has 2 rings (SSSR count). The van der Waals surface area contributed by atoms with Crippen molar-refractivity contribution in [2.75, 3.05) is 19.6 Å². The lowest BCUT2D eigenvalue weighted by Crippen LogP contribution is -2.33. The van der Waals surface area contributed by atoms with Crippen LogP contribution < -0.4 is 10.6 Å². The molecule has 1 aromatic rings. The molecule has 120 valence electrons. The zero-order valence-corrected chi connectivity index (χ0v) is 13.7. The number of piperidine rings is 1. The van der Waals surface area contributed by atoms with E-state index in [9.17, 15) is 4.79 Å². The molecule has 1 fully saturated rings. The summed E-state index contributed by atoms with van der Waals surface area (Å²) in [5, 5.41) is 10.3. The van der Waals surface area contributed by atoms with Crippen LogP contribution in [0, 0.1) is 19.8 Å². The van der Waals surface area contributed by atoms with E-state index in [0.717, 1.165) is 43.1 Å². The fourth-order valence-corrected chi connectivity index (χ4v) is 2.77. The van der Waals surface area contributed by atoms with Gasteiger partial charge >= 0.3 is 0 Å². The van der Waals surface area contributed by atoms with Crippen molar-refractivity contribution >= 4 is 18.3 Å². The molecule has 1 atom stereocenters. The predicted octanol–water partition coefficient (Wildman–Crippen LogP) is 2.15. The SMILES string of the molecule is Cc1noc(C)c1CCC(=O)NCCC1CCCNC1.Cl. The van der Waals surface area contributed by atoms with E-state index in [1.807, 2.05) is 13.8 Å². The number of hydrogen-bond acceptors (Lipinski definition) is 4. The second-order valence-electron chi connectivity index (χ2n) is 5.65. The molecule has 0 bridgehead atoms. The molecule has 0 saturated carbocycles. The highest BCUT2D eigenvalue weighted by atomic mass is 35.5. The van der Waals surface area contributed by atoms with Gasteiger partial charge in [0.05, 0.1) is 5.69 Å². The van der Waals surface area contributed by atoms with E-state index in [1.54, 1.807) is 0 Å². The van der Waals surface area contributed by atoms with Crippen LogP contribution in [0.4, 0.5) is 0 Å². The van der Waals surface area contributed by atoms with Gasteiger partial charge in [0.1, 0.15) is 5.76 Å². The van der Waals surface area contributed by atoms with E-state index < -0.39 is 0 Å². The summed E-state index contributed by atoms with van der Waals surface area (Å²) in [7, 11) is 0. The standard InChI is InChI=1S/C15H25N3O2.ClH/c1-11-14(12(2)20-18-11)5-6-15(19)17-9-7-13-4-3-8-16-10-13;/h13,16H,3-10H2,1-2H3,(H,17,19);1H. The average molecular weight is 316 g/mol. The molecule has 1 amide bonds. The number of carbonyl (C=O) groups is 1. The lowest BCUT2D eigenvalue weighted by atomic mass is 9.96. The zero-order chi connectivity index (χ0) is 14.4. The van der Waals surface area contributed by atoms with E-state index in [1.165, 1.54) is 12.8 Å². The number of aryl methyl sites for hydroxylation is 2. The minimum Gasteiger partial charge on any atom is -0.361 e. The third-order valence-electron chi connectivity index (χ3n) is 4.06. The van der Waals surface area contributed by atoms with Crippen molar-refractivity contribution in [1.29, 1.82) is 0 Å². The zero-order valence-electron chi connectivity index (χ0n) is 12.9. The molecule has 6 heteroatoms. The number of nitrogens with zero attached hydrogens (tertiary/aromatic N) is 1. The van der Waals surface area contributed by atoms with Crippen molar-refractivity contribution in [3.63, 3.8) is 0 Å². The van der Waals surface area contributed by atoms with Crippen LogP contribution in [0.3, 0.4) is 0 Å². The molecular weight excluding hydrogens is 290 g/mol. The smallest absolute Gasteiger partial charge is 0.220 e.